The lowest BCUT2D eigenvalue weighted by molar-refractivity contribution is -0.121. The van der Waals surface area contributed by atoms with E-state index in [9.17, 15) is 13.6 Å². The Morgan fingerprint density at radius 3 is 3.00 bits per heavy atom. The van der Waals surface area contributed by atoms with Gasteiger partial charge in [0.05, 0.1) is 23.5 Å². The zero-order valence-corrected chi connectivity index (χ0v) is 16.8. The van der Waals surface area contributed by atoms with Crippen molar-refractivity contribution in [2.24, 2.45) is 0 Å². The Morgan fingerprint density at radius 2 is 2.26 bits per heavy atom. The van der Waals surface area contributed by atoms with Crippen LogP contribution in [0.1, 0.15) is 29.3 Å². The normalized spacial score (nSPS) is 21.4. The molecule has 2 atom stereocenters. The standard InChI is InChI=1S/C18H18BrF2N3O2S/c19-11-1-2-12(20)16(17(11)21)9-5-14-13(23-18(27)24(14)7-9)6-15(25)22-10-3-4-26-8-10/h1-2,9-10H,3-8H2,(H,22,25)(H,23,27). The SMILES string of the molecule is O=C(Cc1[nH]c(=S)n2c1CC(c1c(F)ccc(Br)c1F)C2)NC1CCOC1. The van der Waals surface area contributed by atoms with Crippen molar-refractivity contribution >= 4 is 34.1 Å². The average molecular weight is 458 g/mol. The fourth-order valence-electron chi connectivity index (χ4n) is 3.84. The first-order valence-electron chi connectivity index (χ1n) is 8.75. The number of halogens is 3. The maximum absolute atomic E-state index is 14.5. The molecule has 27 heavy (non-hydrogen) atoms. The predicted octanol–water partition coefficient (Wildman–Crippen LogP) is 3.37. The van der Waals surface area contributed by atoms with E-state index in [2.05, 4.69) is 26.2 Å². The highest BCUT2D eigenvalue weighted by molar-refractivity contribution is 9.10. The number of nitrogens with one attached hydrogen (secondary N) is 2. The molecule has 2 unspecified atom stereocenters. The zero-order chi connectivity index (χ0) is 19.1. The summed E-state index contributed by atoms with van der Waals surface area (Å²) in [5.74, 6) is -1.63. The number of aromatic amines is 1. The maximum Gasteiger partial charge on any atom is 0.226 e. The predicted molar refractivity (Wildman–Crippen MR) is 101 cm³/mol. The van der Waals surface area contributed by atoms with Gasteiger partial charge in [0, 0.05) is 36.0 Å². The van der Waals surface area contributed by atoms with Crippen LogP contribution in [0, 0.1) is 16.4 Å². The van der Waals surface area contributed by atoms with E-state index in [1.54, 1.807) is 0 Å². The third-order valence-corrected chi connectivity index (χ3v) is 6.07. The Bertz CT molecular complexity index is 953. The summed E-state index contributed by atoms with van der Waals surface area (Å²) in [5.41, 5.74) is 1.59. The van der Waals surface area contributed by atoms with E-state index in [4.69, 9.17) is 17.0 Å². The number of imidazole rings is 1. The highest BCUT2D eigenvalue weighted by Crippen LogP contribution is 2.36. The number of ether oxygens (including phenoxy) is 1. The number of fused-ring (bicyclic) bond motifs is 1. The summed E-state index contributed by atoms with van der Waals surface area (Å²) in [4.78, 5) is 15.4. The lowest BCUT2D eigenvalue weighted by atomic mass is 9.95. The Labute approximate surface area is 168 Å². The average Bonchev–Trinajstić information content (AvgIpc) is 3.32. The molecule has 9 heteroatoms. The highest BCUT2D eigenvalue weighted by atomic mass is 79.9. The van der Waals surface area contributed by atoms with Crippen LogP contribution in [-0.4, -0.2) is 34.7 Å². The first-order chi connectivity index (χ1) is 12.9. The molecule has 0 saturated carbocycles. The molecule has 1 aromatic carbocycles. The van der Waals surface area contributed by atoms with Gasteiger partial charge in [-0.05, 0) is 53.1 Å². The molecule has 3 heterocycles. The van der Waals surface area contributed by atoms with Gasteiger partial charge < -0.3 is 19.6 Å². The van der Waals surface area contributed by atoms with E-state index in [0.29, 0.717) is 36.6 Å². The van der Waals surface area contributed by atoms with Crippen molar-refractivity contribution in [2.45, 2.75) is 37.8 Å². The third kappa shape index (κ3) is 3.60. The van der Waals surface area contributed by atoms with Gasteiger partial charge >= 0.3 is 0 Å². The summed E-state index contributed by atoms with van der Waals surface area (Å²) >= 11 is 8.47. The van der Waals surface area contributed by atoms with E-state index in [0.717, 1.165) is 12.1 Å². The lowest BCUT2D eigenvalue weighted by Gasteiger charge is -2.13. The number of H-pyrrole nitrogens is 1. The van der Waals surface area contributed by atoms with Crippen molar-refractivity contribution in [2.75, 3.05) is 13.2 Å². The van der Waals surface area contributed by atoms with Crippen LogP contribution in [0.4, 0.5) is 8.78 Å². The highest BCUT2D eigenvalue weighted by Gasteiger charge is 2.32. The molecule has 2 aromatic rings. The smallest absolute Gasteiger partial charge is 0.226 e. The van der Waals surface area contributed by atoms with Crippen LogP contribution in [0.15, 0.2) is 16.6 Å². The van der Waals surface area contributed by atoms with Crippen molar-refractivity contribution in [1.29, 1.82) is 0 Å². The van der Waals surface area contributed by atoms with E-state index < -0.39 is 11.6 Å². The van der Waals surface area contributed by atoms with Crippen LogP contribution in [0.25, 0.3) is 0 Å². The van der Waals surface area contributed by atoms with Crippen LogP contribution in [0.2, 0.25) is 0 Å². The van der Waals surface area contributed by atoms with Gasteiger partial charge in [-0.2, -0.15) is 0 Å². The van der Waals surface area contributed by atoms with E-state index in [1.165, 1.54) is 12.1 Å². The van der Waals surface area contributed by atoms with Crippen LogP contribution in [0.5, 0.6) is 0 Å². The molecule has 0 aliphatic carbocycles. The Hall–Kier alpha value is -1.58. The van der Waals surface area contributed by atoms with Crippen molar-refractivity contribution in [3.8, 4) is 0 Å². The van der Waals surface area contributed by atoms with Gasteiger partial charge in [-0.25, -0.2) is 8.78 Å². The molecule has 5 nitrogen and oxygen atoms in total. The first kappa shape index (κ1) is 18.8. The quantitative estimate of drug-likeness (QED) is 0.546. The lowest BCUT2D eigenvalue weighted by Crippen LogP contribution is -2.36. The van der Waals surface area contributed by atoms with Crippen molar-refractivity contribution in [1.82, 2.24) is 14.9 Å². The monoisotopic (exact) mass is 457 g/mol. The van der Waals surface area contributed by atoms with Crippen molar-refractivity contribution in [3.05, 3.63) is 50.0 Å². The second kappa shape index (κ2) is 7.44. The largest absolute Gasteiger partial charge is 0.379 e. The van der Waals surface area contributed by atoms with Crippen LogP contribution in [-0.2, 0) is 28.9 Å². The van der Waals surface area contributed by atoms with Gasteiger partial charge in [-0.3, -0.25) is 4.79 Å². The molecule has 0 spiro atoms. The summed E-state index contributed by atoms with van der Waals surface area (Å²) in [5, 5.41) is 2.94. The van der Waals surface area contributed by atoms with Gasteiger partial charge in [0.1, 0.15) is 11.6 Å². The molecule has 0 radical (unpaired) electrons. The fraction of sp³-hybridized carbons (Fsp3) is 0.444. The van der Waals surface area contributed by atoms with Crippen molar-refractivity contribution in [3.63, 3.8) is 0 Å². The number of hydrogen-bond donors (Lipinski definition) is 2. The number of benzene rings is 1. The molecule has 1 saturated heterocycles. The molecular formula is C18H18BrF2N3O2S. The molecule has 144 valence electrons. The molecule has 2 aliphatic rings. The number of aromatic nitrogens is 2. The number of carbonyl (C=O) groups excluding carboxylic acids is 1. The van der Waals surface area contributed by atoms with Crippen molar-refractivity contribution < 1.29 is 18.3 Å². The third-order valence-electron chi connectivity index (χ3n) is 5.14. The van der Waals surface area contributed by atoms with E-state index in [-0.39, 0.29) is 34.3 Å². The second-order valence-corrected chi connectivity index (χ2v) is 8.17. The molecule has 1 fully saturated rings. The molecular weight excluding hydrogens is 440 g/mol. The Balaban J connectivity index is 1.55. The van der Waals surface area contributed by atoms with Gasteiger partial charge in [0.2, 0.25) is 5.91 Å². The molecule has 1 aromatic heterocycles. The molecule has 0 bridgehead atoms. The van der Waals surface area contributed by atoms with Gasteiger partial charge in [-0.1, -0.05) is 0 Å². The summed E-state index contributed by atoms with van der Waals surface area (Å²) in [6.07, 6.45) is 1.38. The minimum Gasteiger partial charge on any atom is -0.379 e. The Morgan fingerprint density at radius 1 is 1.44 bits per heavy atom. The first-order valence-corrected chi connectivity index (χ1v) is 9.95. The molecule has 2 aliphatic heterocycles. The summed E-state index contributed by atoms with van der Waals surface area (Å²) in [6, 6.07) is 2.65. The maximum atomic E-state index is 14.5. The Kier molecular flexibility index (Phi) is 5.17. The number of nitrogens with zero attached hydrogens (tertiary/aromatic N) is 1. The number of rotatable bonds is 4. The van der Waals surface area contributed by atoms with Gasteiger partial charge in [-0.15, -0.1) is 0 Å². The summed E-state index contributed by atoms with van der Waals surface area (Å²) in [6.45, 7) is 1.56. The minimum atomic E-state index is -0.582. The summed E-state index contributed by atoms with van der Waals surface area (Å²) in [7, 11) is 0. The van der Waals surface area contributed by atoms with Crippen LogP contribution < -0.4 is 5.32 Å². The molecule has 1 amide bonds. The van der Waals surface area contributed by atoms with Crippen LogP contribution in [0.3, 0.4) is 0 Å². The van der Waals surface area contributed by atoms with Gasteiger partial charge in [0.25, 0.3) is 0 Å². The number of carbonyl (C=O) groups is 1. The number of hydrogen-bond acceptors (Lipinski definition) is 3. The topological polar surface area (TPSA) is 59.0 Å². The molecule has 4 rings (SSSR count). The van der Waals surface area contributed by atoms with Crippen LogP contribution >= 0.6 is 28.1 Å². The van der Waals surface area contributed by atoms with E-state index in [1.807, 2.05) is 4.57 Å². The fourth-order valence-corrected chi connectivity index (χ4v) is 4.50. The minimum absolute atomic E-state index is 0.0359. The summed E-state index contributed by atoms with van der Waals surface area (Å²) < 4.78 is 36.5. The second-order valence-electron chi connectivity index (χ2n) is 6.93. The molecule has 2 N–H and O–H groups in total. The van der Waals surface area contributed by atoms with Gasteiger partial charge in [0.15, 0.2) is 4.77 Å². The zero-order valence-electron chi connectivity index (χ0n) is 14.4. The number of amides is 1. The van der Waals surface area contributed by atoms with E-state index >= 15 is 0 Å².